The van der Waals surface area contributed by atoms with Crippen molar-refractivity contribution >= 4 is 78.1 Å². The molecular formula is C24H18Br2ClN3O2S. The first-order valence-electron chi connectivity index (χ1n) is 10.2. The van der Waals surface area contributed by atoms with Gasteiger partial charge in [0.05, 0.1) is 6.04 Å². The van der Waals surface area contributed by atoms with Gasteiger partial charge in [0.25, 0.3) is 0 Å². The van der Waals surface area contributed by atoms with E-state index in [2.05, 4.69) is 42.5 Å². The van der Waals surface area contributed by atoms with E-state index >= 15 is 0 Å². The molecule has 0 aliphatic carbocycles. The minimum Gasteiger partial charge on any atom is -0.467 e. The number of ether oxygens (including phenoxy) is 1. The minimum atomic E-state index is -1.07. The fourth-order valence-electron chi connectivity index (χ4n) is 4.49. The zero-order chi connectivity index (χ0) is 23.3. The van der Waals surface area contributed by atoms with E-state index in [-0.39, 0.29) is 11.9 Å². The van der Waals surface area contributed by atoms with Crippen LogP contribution in [0, 0.1) is 5.92 Å². The molecule has 0 unspecified atom stereocenters. The fraction of sp³-hybridized carbons (Fsp3) is 0.167. The van der Waals surface area contributed by atoms with Gasteiger partial charge in [0.2, 0.25) is 5.91 Å². The van der Waals surface area contributed by atoms with E-state index in [1.165, 1.54) is 0 Å². The second-order valence-electron chi connectivity index (χ2n) is 8.05. The molecular weight excluding hydrogens is 590 g/mol. The molecule has 2 aliphatic heterocycles. The summed E-state index contributed by atoms with van der Waals surface area (Å²) in [6.07, 6.45) is 0. The third kappa shape index (κ3) is 4.03. The molecule has 33 heavy (non-hydrogen) atoms. The molecule has 0 saturated carbocycles. The third-order valence-electron chi connectivity index (χ3n) is 5.94. The minimum absolute atomic E-state index is 0.187. The molecule has 2 N–H and O–H groups in total. The summed E-state index contributed by atoms with van der Waals surface area (Å²) in [4.78, 5) is 15.6. The van der Waals surface area contributed by atoms with Crippen molar-refractivity contribution in [3.05, 3.63) is 86.3 Å². The summed E-state index contributed by atoms with van der Waals surface area (Å²) in [5, 5.41) is 7.53. The van der Waals surface area contributed by atoms with Gasteiger partial charge in [-0.25, -0.2) is 0 Å². The summed E-state index contributed by atoms with van der Waals surface area (Å²) in [5.41, 5.74) is 1.28. The predicted octanol–water partition coefficient (Wildman–Crippen LogP) is 6.66. The first-order valence-corrected chi connectivity index (χ1v) is 12.5. The van der Waals surface area contributed by atoms with Gasteiger partial charge in [-0.2, -0.15) is 0 Å². The van der Waals surface area contributed by atoms with E-state index in [9.17, 15) is 4.79 Å². The Morgan fingerprint density at radius 1 is 1.09 bits per heavy atom. The second kappa shape index (κ2) is 8.58. The van der Waals surface area contributed by atoms with Crippen LogP contribution in [0.4, 0.5) is 11.4 Å². The van der Waals surface area contributed by atoms with Gasteiger partial charge in [-0.15, -0.1) is 0 Å². The Bertz CT molecular complexity index is 1260. The highest BCUT2D eigenvalue weighted by atomic mass is 79.9. The highest BCUT2D eigenvalue weighted by molar-refractivity contribution is 9.10. The van der Waals surface area contributed by atoms with E-state index in [0.29, 0.717) is 21.6 Å². The van der Waals surface area contributed by atoms with Crippen LogP contribution >= 0.6 is 55.7 Å². The number of rotatable bonds is 3. The van der Waals surface area contributed by atoms with Gasteiger partial charge in [-0.05, 0) is 85.9 Å². The van der Waals surface area contributed by atoms with E-state index in [4.69, 9.17) is 28.6 Å². The summed E-state index contributed by atoms with van der Waals surface area (Å²) < 4.78 is 8.43. The molecule has 2 aliphatic rings. The number of thiocarbonyl (C=S) groups is 1. The van der Waals surface area contributed by atoms with E-state index in [1.807, 2.05) is 54.3 Å². The van der Waals surface area contributed by atoms with Crippen LogP contribution in [0.1, 0.15) is 18.5 Å². The molecule has 3 aromatic carbocycles. The Balaban J connectivity index is 1.62. The van der Waals surface area contributed by atoms with Crippen molar-refractivity contribution in [2.45, 2.75) is 18.7 Å². The SMILES string of the molecule is C[C@]12Oc3ccc(Br)cc3[C@@H](NC(=S)N1c1ccc(Br)cc1)[C@H]2C(=O)Nc1ccc(Cl)cc1. The van der Waals surface area contributed by atoms with Gasteiger partial charge in [-0.3, -0.25) is 9.69 Å². The topological polar surface area (TPSA) is 53.6 Å². The maximum Gasteiger partial charge on any atom is 0.236 e. The number of benzene rings is 3. The van der Waals surface area contributed by atoms with Crippen LogP contribution in [0.3, 0.4) is 0 Å². The van der Waals surface area contributed by atoms with Crippen molar-refractivity contribution in [2.24, 2.45) is 5.92 Å². The zero-order valence-corrected chi connectivity index (χ0v) is 22.1. The van der Waals surface area contributed by atoms with Gasteiger partial charge < -0.3 is 15.4 Å². The Morgan fingerprint density at radius 3 is 2.45 bits per heavy atom. The lowest BCUT2D eigenvalue weighted by molar-refractivity contribution is -0.130. The van der Waals surface area contributed by atoms with E-state index in [1.54, 1.807) is 24.3 Å². The molecule has 3 atom stereocenters. The maximum atomic E-state index is 13.8. The number of hydrogen-bond donors (Lipinski definition) is 2. The molecule has 9 heteroatoms. The lowest BCUT2D eigenvalue weighted by Gasteiger charge is -2.56. The Kier molecular flexibility index (Phi) is 5.89. The number of amides is 1. The molecule has 1 fully saturated rings. The molecule has 5 rings (SSSR count). The number of anilines is 2. The standard InChI is InChI=1S/C24H18Br2ClN3O2S/c1-24-20(22(31)28-16-7-5-15(27)6-8-16)21(18-12-14(26)4-11-19(18)32-24)29-23(33)30(24)17-9-2-13(25)3-10-17/h2-12,20-21H,1H3,(H,28,31)(H,29,33)/t20-,21+,24+/m0/s1. The molecule has 0 radical (unpaired) electrons. The van der Waals surface area contributed by atoms with E-state index < -0.39 is 11.6 Å². The molecule has 0 aromatic heterocycles. The van der Waals surface area contributed by atoms with Crippen LogP contribution < -0.4 is 20.3 Å². The third-order valence-corrected chi connectivity index (χ3v) is 7.51. The Labute approximate surface area is 218 Å². The largest absolute Gasteiger partial charge is 0.467 e. The maximum absolute atomic E-state index is 13.8. The number of fused-ring (bicyclic) bond motifs is 4. The Morgan fingerprint density at radius 2 is 1.76 bits per heavy atom. The summed E-state index contributed by atoms with van der Waals surface area (Å²) in [6.45, 7) is 1.91. The predicted molar refractivity (Wildman–Crippen MR) is 142 cm³/mol. The molecule has 1 saturated heterocycles. The molecule has 3 aromatic rings. The smallest absolute Gasteiger partial charge is 0.236 e. The fourth-order valence-corrected chi connectivity index (χ4v) is 5.67. The molecule has 1 amide bonds. The van der Waals surface area contributed by atoms with Crippen LogP contribution in [0.15, 0.2) is 75.7 Å². The summed E-state index contributed by atoms with van der Waals surface area (Å²) >= 11 is 18.8. The van der Waals surface area contributed by atoms with Crippen molar-refractivity contribution < 1.29 is 9.53 Å². The summed E-state index contributed by atoms with van der Waals surface area (Å²) in [6, 6.07) is 20.2. The zero-order valence-electron chi connectivity index (χ0n) is 17.3. The van der Waals surface area contributed by atoms with Gasteiger partial charge in [0.15, 0.2) is 10.8 Å². The quantitative estimate of drug-likeness (QED) is 0.326. The lowest BCUT2D eigenvalue weighted by Crippen LogP contribution is -2.72. The lowest BCUT2D eigenvalue weighted by atomic mass is 9.78. The number of nitrogens with one attached hydrogen (secondary N) is 2. The average molecular weight is 608 g/mol. The number of nitrogens with zero attached hydrogens (tertiary/aromatic N) is 1. The monoisotopic (exact) mass is 605 g/mol. The van der Waals surface area contributed by atoms with Crippen molar-refractivity contribution in [1.82, 2.24) is 5.32 Å². The average Bonchev–Trinajstić information content (AvgIpc) is 2.77. The second-order valence-corrected chi connectivity index (χ2v) is 10.7. The first kappa shape index (κ1) is 22.7. The molecule has 0 spiro atoms. The van der Waals surface area contributed by atoms with Crippen LogP contribution in [-0.2, 0) is 4.79 Å². The molecule has 5 nitrogen and oxygen atoms in total. The Hall–Kier alpha value is -2.13. The highest BCUT2D eigenvalue weighted by Gasteiger charge is 2.59. The first-order chi connectivity index (χ1) is 15.8. The van der Waals surface area contributed by atoms with Crippen molar-refractivity contribution in [1.29, 1.82) is 0 Å². The molecule has 2 heterocycles. The summed E-state index contributed by atoms with van der Waals surface area (Å²) in [7, 11) is 0. The van der Waals surface area contributed by atoms with Crippen LogP contribution in [0.2, 0.25) is 5.02 Å². The molecule has 168 valence electrons. The van der Waals surface area contributed by atoms with E-state index in [0.717, 1.165) is 20.2 Å². The summed E-state index contributed by atoms with van der Waals surface area (Å²) in [5.74, 6) is -0.101. The van der Waals surface area contributed by atoms with Crippen LogP contribution in [-0.4, -0.2) is 16.7 Å². The molecule has 2 bridgehead atoms. The number of carbonyl (C=O) groups is 1. The normalized spacial score (nSPS) is 23.3. The van der Waals surface area contributed by atoms with Gasteiger partial charge in [0, 0.05) is 30.9 Å². The van der Waals surface area contributed by atoms with Gasteiger partial charge in [-0.1, -0.05) is 43.5 Å². The van der Waals surface area contributed by atoms with Crippen LogP contribution in [0.5, 0.6) is 5.75 Å². The number of carbonyl (C=O) groups excluding carboxylic acids is 1. The van der Waals surface area contributed by atoms with Crippen LogP contribution in [0.25, 0.3) is 0 Å². The number of halogens is 3. The number of hydrogen-bond acceptors (Lipinski definition) is 3. The van der Waals surface area contributed by atoms with Gasteiger partial charge >= 0.3 is 0 Å². The van der Waals surface area contributed by atoms with Gasteiger partial charge in [0.1, 0.15) is 11.7 Å². The van der Waals surface area contributed by atoms with Crippen molar-refractivity contribution in [3.63, 3.8) is 0 Å². The van der Waals surface area contributed by atoms with Crippen molar-refractivity contribution in [2.75, 3.05) is 10.2 Å². The highest BCUT2D eigenvalue weighted by Crippen LogP contribution is 2.50. The van der Waals surface area contributed by atoms with Crippen molar-refractivity contribution in [3.8, 4) is 5.75 Å².